The zero-order valence-electron chi connectivity index (χ0n) is 23.9. The van der Waals surface area contributed by atoms with Gasteiger partial charge in [0.05, 0.1) is 25.4 Å². The molecule has 45 heavy (non-hydrogen) atoms. The molecule has 0 aromatic carbocycles. The van der Waals surface area contributed by atoms with Gasteiger partial charge in [-0.1, -0.05) is 5.11 Å². The summed E-state index contributed by atoms with van der Waals surface area (Å²) < 4.78 is 26.4. The Morgan fingerprint density at radius 2 is 1.80 bits per heavy atom. The van der Waals surface area contributed by atoms with Crippen molar-refractivity contribution in [3.63, 3.8) is 0 Å². The third kappa shape index (κ3) is 10.5. The highest BCUT2D eigenvalue weighted by atomic mass is 19.1. The van der Waals surface area contributed by atoms with Crippen molar-refractivity contribution in [1.82, 2.24) is 19.1 Å². The topological polar surface area (TPSA) is 324 Å². The fraction of sp³-hybridized carbons (Fsp3) is 0.583. The van der Waals surface area contributed by atoms with Crippen LogP contribution in [0.5, 0.6) is 0 Å². The van der Waals surface area contributed by atoms with Crippen LogP contribution >= 0.6 is 0 Å². The highest BCUT2D eigenvalue weighted by molar-refractivity contribution is 5.74. The number of alkyl halides is 1. The van der Waals surface area contributed by atoms with Crippen LogP contribution in [0.15, 0.2) is 38.0 Å². The molecule has 2 aromatic rings. The molecular formula is C24H34FN9O11. The molecule has 4 heterocycles. The molecule has 0 saturated carbocycles. The zero-order valence-corrected chi connectivity index (χ0v) is 23.9. The Morgan fingerprint density at radius 1 is 1.18 bits per heavy atom. The molecule has 2 aliphatic heterocycles. The Labute approximate surface area is 252 Å². The van der Waals surface area contributed by atoms with E-state index in [2.05, 4.69) is 20.0 Å². The lowest BCUT2D eigenvalue weighted by atomic mass is 10.1. The van der Waals surface area contributed by atoms with Crippen molar-refractivity contribution in [3.8, 4) is 0 Å². The second-order valence-corrected chi connectivity index (χ2v) is 9.78. The minimum absolute atomic E-state index is 0.0172. The van der Waals surface area contributed by atoms with E-state index in [1.165, 1.54) is 23.0 Å². The third-order valence-electron chi connectivity index (χ3n) is 6.53. The summed E-state index contributed by atoms with van der Waals surface area (Å²) in [5.41, 5.74) is 17.5. The lowest BCUT2D eigenvalue weighted by Gasteiger charge is -2.14. The summed E-state index contributed by atoms with van der Waals surface area (Å²) in [5.74, 6) is -2.07. The second kappa shape index (κ2) is 17.0. The molecular weight excluding hydrogens is 609 g/mol. The number of carbonyl (C=O) groups is 2. The number of ether oxygens (including phenoxy) is 2. The number of nitrogens with one attached hydrogen (secondary N) is 1. The van der Waals surface area contributed by atoms with Crippen LogP contribution in [0.3, 0.4) is 0 Å². The molecule has 2 aliphatic rings. The number of nitrogens with zero attached hydrogens (tertiary/aromatic N) is 6. The Balaban J connectivity index is 0.000000246. The fourth-order valence-electron chi connectivity index (χ4n) is 4.11. The quantitative estimate of drug-likeness (QED) is 0.0930. The van der Waals surface area contributed by atoms with Crippen LogP contribution < -0.4 is 28.4 Å². The van der Waals surface area contributed by atoms with Gasteiger partial charge in [0, 0.05) is 42.1 Å². The third-order valence-corrected chi connectivity index (χ3v) is 6.53. The minimum atomic E-state index is -1.32. The normalized spacial score (nSPS) is 24.3. The van der Waals surface area contributed by atoms with Gasteiger partial charge in [-0.05, 0) is 24.9 Å². The van der Waals surface area contributed by atoms with E-state index < -0.39 is 78.4 Å². The van der Waals surface area contributed by atoms with Crippen molar-refractivity contribution in [2.24, 2.45) is 10.8 Å². The fourth-order valence-corrected chi connectivity index (χ4v) is 4.11. The molecule has 1 unspecified atom stereocenters. The second-order valence-electron chi connectivity index (χ2n) is 9.78. The van der Waals surface area contributed by atoms with E-state index in [4.69, 9.17) is 46.9 Å². The maximum Gasteiger partial charge on any atom is 0.351 e. The van der Waals surface area contributed by atoms with Gasteiger partial charge in [0.25, 0.3) is 5.56 Å². The Bertz CT molecular complexity index is 1540. The summed E-state index contributed by atoms with van der Waals surface area (Å²) in [7, 11) is 0. The Hall–Kier alpha value is -4.66. The number of aromatic nitrogens is 4. The van der Waals surface area contributed by atoms with Crippen molar-refractivity contribution in [1.29, 1.82) is 0 Å². The zero-order chi connectivity index (χ0) is 33.8. The molecule has 20 nitrogen and oxygen atoms in total. The van der Waals surface area contributed by atoms with E-state index in [-0.39, 0.29) is 31.7 Å². The molecule has 2 aromatic heterocycles. The molecule has 7 atom stereocenters. The number of azide groups is 1. The van der Waals surface area contributed by atoms with E-state index in [0.29, 0.717) is 12.0 Å². The molecule has 2 saturated heterocycles. The lowest BCUT2D eigenvalue weighted by Crippen LogP contribution is -2.33. The molecule has 21 heteroatoms. The van der Waals surface area contributed by atoms with E-state index in [1.54, 1.807) is 6.92 Å². The molecule has 0 bridgehead atoms. The maximum absolute atomic E-state index is 13.4. The summed E-state index contributed by atoms with van der Waals surface area (Å²) >= 11 is 0. The molecule has 9 N–H and O–H groups in total. The smallest absolute Gasteiger partial charge is 0.351 e. The van der Waals surface area contributed by atoms with Crippen LogP contribution in [-0.4, -0.2) is 95.1 Å². The number of carboxylic acid groups (broad SMARTS) is 2. The average molecular weight is 644 g/mol. The number of nitrogen functional groups attached to an aromatic ring is 1. The molecule has 0 spiro atoms. The number of aliphatic hydroxyl groups excluding tert-OH is 2. The van der Waals surface area contributed by atoms with Gasteiger partial charge in [-0.25, -0.2) is 14.0 Å². The van der Waals surface area contributed by atoms with Crippen LogP contribution in [0.25, 0.3) is 10.4 Å². The number of rotatable bonds is 9. The van der Waals surface area contributed by atoms with E-state index in [9.17, 15) is 28.4 Å². The first kappa shape index (κ1) is 36.5. The molecule has 4 rings (SSSR count). The van der Waals surface area contributed by atoms with Gasteiger partial charge >= 0.3 is 23.3 Å². The monoisotopic (exact) mass is 643 g/mol. The first-order valence-electron chi connectivity index (χ1n) is 13.3. The van der Waals surface area contributed by atoms with E-state index in [1.807, 2.05) is 0 Å². The molecule has 2 fully saturated rings. The van der Waals surface area contributed by atoms with Crippen LogP contribution in [-0.2, 0) is 19.1 Å². The molecule has 0 aliphatic carbocycles. The van der Waals surface area contributed by atoms with Gasteiger partial charge in [-0.2, -0.15) is 4.98 Å². The van der Waals surface area contributed by atoms with Crippen molar-refractivity contribution in [3.05, 3.63) is 65.8 Å². The van der Waals surface area contributed by atoms with Crippen molar-refractivity contribution < 1.29 is 43.9 Å². The first-order chi connectivity index (χ1) is 21.2. The van der Waals surface area contributed by atoms with Gasteiger partial charge < -0.3 is 41.4 Å². The number of carboxylic acids is 2. The number of nitrogens with two attached hydrogens (primary N) is 2. The average Bonchev–Trinajstić information content (AvgIpc) is 3.56. The molecule has 0 radical (unpaired) electrons. The van der Waals surface area contributed by atoms with Gasteiger partial charge in [0.1, 0.15) is 36.6 Å². The maximum atomic E-state index is 13.4. The number of halogens is 1. The van der Waals surface area contributed by atoms with Crippen LogP contribution in [0.2, 0.25) is 0 Å². The van der Waals surface area contributed by atoms with Gasteiger partial charge in [0.15, 0.2) is 0 Å². The molecule has 248 valence electrons. The van der Waals surface area contributed by atoms with Crippen molar-refractivity contribution in [2.75, 3.05) is 18.9 Å². The summed E-state index contributed by atoms with van der Waals surface area (Å²) in [6.45, 7) is 0.826. The number of aliphatic carboxylic acids is 2. The van der Waals surface area contributed by atoms with Crippen molar-refractivity contribution in [2.45, 2.75) is 75.5 Å². The number of aliphatic hydroxyl groups is 2. The van der Waals surface area contributed by atoms with Gasteiger partial charge in [-0.15, -0.1) is 0 Å². The highest BCUT2D eigenvalue weighted by Gasteiger charge is 2.37. The van der Waals surface area contributed by atoms with Gasteiger partial charge in [0.2, 0.25) is 0 Å². The summed E-state index contributed by atoms with van der Waals surface area (Å²) in [6.07, 6.45) is -1.39. The summed E-state index contributed by atoms with van der Waals surface area (Å²) in [4.78, 5) is 62.6. The number of aryl methyl sites for hydroxylation is 1. The van der Waals surface area contributed by atoms with Gasteiger partial charge in [-0.3, -0.25) is 28.5 Å². The predicted molar refractivity (Wildman–Crippen MR) is 151 cm³/mol. The van der Waals surface area contributed by atoms with Crippen LogP contribution in [0.4, 0.5) is 10.2 Å². The van der Waals surface area contributed by atoms with Crippen molar-refractivity contribution >= 4 is 17.8 Å². The number of hydrogen-bond donors (Lipinski definition) is 7. The van der Waals surface area contributed by atoms with E-state index in [0.717, 1.165) is 4.57 Å². The number of hydrogen-bond acceptors (Lipinski definition) is 13. The SMILES string of the molecule is Cc1cn([C@H]2C[C@H](F)[C@@H](CO)O2)c(=O)[nH]c1=O.NC(CCC(=O)O)C(=O)O.[N-]=[N+]=N[C@H]1C[C@H](n2ccc(N)nc2=O)O[C@@H]1CO. The number of anilines is 1. The minimum Gasteiger partial charge on any atom is -0.481 e. The largest absolute Gasteiger partial charge is 0.481 e. The Morgan fingerprint density at radius 3 is 2.33 bits per heavy atom. The first-order valence-corrected chi connectivity index (χ1v) is 13.3. The highest BCUT2D eigenvalue weighted by Crippen LogP contribution is 2.30. The van der Waals surface area contributed by atoms with Crippen LogP contribution in [0.1, 0.15) is 43.7 Å². The van der Waals surface area contributed by atoms with E-state index >= 15 is 0 Å². The summed E-state index contributed by atoms with van der Waals surface area (Å²) in [6, 6.07) is -0.0925. The predicted octanol–water partition coefficient (Wildman–Crippen LogP) is -1.49. The number of H-pyrrole nitrogens is 1. The standard InChI is InChI=1S/C10H13FN2O4.C9H12N6O3.C5H9NO4/c1-5-3-13(10(16)12-9(5)15)8-2-6(11)7(4-14)17-8;10-7-1-2-15(9(17)12-7)8-3-5(13-14-11)6(4-16)18-8;6-3(5(9)10)1-2-4(7)8/h3,6-8,14H,2,4H2,1H3,(H,12,15,16);1-2,5-6,8,16H,3-4H2,(H2,10,12,17);3H,1-2,6H2,(H,7,8)(H,9,10)/t6-,7+,8+;5-,6+,8+;/m00./s1. The number of aromatic amines is 1. The lowest BCUT2D eigenvalue weighted by molar-refractivity contribution is -0.139. The van der Waals surface area contributed by atoms with Crippen LogP contribution in [0, 0.1) is 6.92 Å². The summed E-state index contributed by atoms with van der Waals surface area (Å²) in [5, 5.41) is 37.8. The Kier molecular flexibility index (Phi) is 13.8. The molecule has 0 amide bonds.